The van der Waals surface area contributed by atoms with Gasteiger partial charge in [0.2, 0.25) is 0 Å². The van der Waals surface area contributed by atoms with Gasteiger partial charge in [0.25, 0.3) is 6.71 Å². The standard InChI is InChI=1S/C78H53BN2/c1-5-28-54(29-6-1)58-36-13-17-40-62(58)66-44-25-45-67(63-41-18-14-37-59(63)55-30-7-2-8-31-55)77(66)80-72-50-23-21-48-70(72)79-71-49-22-24-51-73(71)81(75-53-27-52-74(80)76(75)79)78-68(64-42-19-15-38-60(64)56-32-9-3-10-33-56)46-26-47-69(78)65-43-20-16-39-61(65)57-34-11-4-12-35-57/h1-53H. The van der Waals surface area contributed by atoms with E-state index in [1.54, 1.807) is 0 Å². The Morgan fingerprint density at radius 2 is 0.395 bits per heavy atom. The molecular weight excluding hydrogens is 976 g/mol. The minimum Gasteiger partial charge on any atom is -0.310 e. The van der Waals surface area contributed by atoms with Gasteiger partial charge in [-0.25, -0.2) is 0 Å². The smallest absolute Gasteiger partial charge is 0.252 e. The lowest BCUT2D eigenvalue weighted by molar-refractivity contribution is 1.25. The van der Waals surface area contributed by atoms with Crippen LogP contribution in [0.1, 0.15) is 0 Å². The average Bonchev–Trinajstić information content (AvgIpc) is 3.62. The van der Waals surface area contributed by atoms with Gasteiger partial charge in [-0.05, 0) is 107 Å². The maximum atomic E-state index is 2.62. The average molecular weight is 1030 g/mol. The summed E-state index contributed by atoms with van der Waals surface area (Å²) in [5, 5.41) is 0. The van der Waals surface area contributed by atoms with Gasteiger partial charge < -0.3 is 9.80 Å². The van der Waals surface area contributed by atoms with E-state index >= 15 is 0 Å². The van der Waals surface area contributed by atoms with E-state index in [9.17, 15) is 0 Å². The van der Waals surface area contributed by atoms with Gasteiger partial charge in [-0.2, -0.15) is 0 Å². The molecule has 2 aliphatic rings. The molecule has 0 aromatic heterocycles. The second kappa shape index (κ2) is 20.4. The van der Waals surface area contributed by atoms with Gasteiger partial charge in [0.1, 0.15) is 0 Å². The molecule has 0 saturated heterocycles. The number of benzene rings is 13. The summed E-state index contributed by atoms with van der Waals surface area (Å²) in [7, 11) is 0. The summed E-state index contributed by atoms with van der Waals surface area (Å²) in [6.07, 6.45) is 0. The topological polar surface area (TPSA) is 6.48 Å². The first-order chi connectivity index (χ1) is 40.3. The van der Waals surface area contributed by atoms with Crippen LogP contribution in [0.4, 0.5) is 34.1 Å². The SMILES string of the molecule is c1ccc(-c2ccccc2-c2cccc(-c3ccccc3-c3ccccc3)c2N2c3ccccc3B3c4ccccc4N(c4c(-c5ccccc5-c5ccccc5)cccc4-c4ccccc4-c4ccccc4)c4cccc2c43)cc1. The summed E-state index contributed by atoms with van der Waals surface area (Å²) in [5.41, 5.74) is 29.4. The van der Waals surface area contributed by atoms with Crippen LogP contribution in [0.2, 0.25) is 0 Å². The summed E-state index contributed by atoms with van der Waals surface area (Å²) in [5.74, 6) is 0. The molecule has 13 aromatic rings. The first-order valence-electron chi connectivity index (χ1n) is 28.0. The third-order valence-electron chi connectivity index (χ3n) is 16.5. The summed E-state index contributed by atoms with van der Waals surface area (Å²) in [4.78, 5) is 5.24. The van der Waals surface area contributed by atoms with E-state index in [-0.39, 0.29) is 6.71 Å². The second-order valence-corrected chi connectivity index (χ2v) is 21.0. The quantitative estimate of drug-likeness (QED) is 0.126. The maximum Gasteiger partial charge on any atom is 0.252 e. The number of nitrogens with zero attached hydrogens (tertiary/aromatic N) is 2. The van der Waals surface area contributed by atoms with Crippen LogP contribution in [0.25, 0.3) is 89.0 Å². The van der Waals surface area contributed by atoms with Gasteiger partial charge in [-0.3, -0.25) is 0 Å². The van der Waals surface area contributed by atoms with E-state index in [4.69, 9.17) is 0 Å². The first kappa shape index (κ1) is 47.7. The summed E-state index contributed by atoms with van der Waals surface area (Å²) in [6.45, 7) is -0.0799. The highest BCUT2D eigenvalue weighted by Gasteiger charge is 2.44. The minimum absolute atomic E-state index is 0.0799. The predicted octanol–water partition coefficient (Wildman–Crippen LogP) is 19.1. The van der Waals surface area contributed by atoms with Gasteiger partial charge in [-0.1, -0.05) is 297 Å². The van der Waals surface area contributed by atoms with Crippen molar-refractivity contribution in [1.29, 1.82) is 0 Å². The number of anilines is 6. The fourth-order valence-corrected chi connectivity index (χ4v) is 13.1. The maximum absolute atomic E-state index is 2.62. The van der Waals surface area contributed by atoms with E-state index in [2.05, 4.69) is 331 Å². The lowest BCUT2D eigenvalue weighted by Gasteiger charge is -2.45. The van der Waals surface area contributed by atoms with Gasteiger partial charge in [0.05, 0.1) is 11.4 Å². The summed E-state index contributed by atoms with van der Waals surface area (Å²) >= 11 is 0. The molecule has 3 heteroatoms. The van der Waals surface area contributed by atoms with Crippen molar-refractivity contribution in [1.82, 2.24) is 0 Å². The largest absolute Gasteiger partial charge is 0.310 e. The van der Waals surface area contributed by atoms with Gasteiger partial charge in [-0.15, -0.1) is 0 Å². The van der Waals surface area contributed by atoms with Crippen molar-refractivity contribution in [3.05, 3.63) is 322 Å². The van der Waals surface area contributed by atoms with Crippen LogP contribution in [0.15, 0.2) is 322 Å². The van der Waals surface area contributed by atoms with Crippen molar-refractivity contribution in [3.8, 4) is 89.0 Å². The molecule has 0 bridgehead atoms. The number of rotatable bonds is 10. The minimum atomic E-state index is -0.0799. The molecule has 378 valence electrons. The molecule has 0 aliphatic carbocycles. The van der Waals surface area contributed by atoms with Crippen LogP contribution in [0.3, 0.4) is 0 Å². The van der Waals surface area contributed by atoms with E-state index in [1.165, 1.54) is 83.1 Å². The molecule has 15 rings (SSSR count). The Kier molecular flexibility index (Phi) is 12.0. The van der Waals surface area contributed by atoms with E-state index in [0.717, 1.165) is 56.4 Å². The Balaban J connectivity index is 1.05. The molecule has 0 atom stereocenters. The molecular formula is C78H53BN2. The molecule has 0 N–H and O–H groups in total. The zero-order chi connectivity index (χ0) is 53.6. The van der Waals surface area contributed by atoms with Crippen LogP contribution in [-0.2, 0) is 0 Å². The molecule has 0 saturated carbocycles. The second-order valence-electron chi connectivity index (χ2n) is 21.0. The van der Waals surface area contributed by atoms with E-state index in [1.807, 2.05) is 0 Å². The molecule has 0 spiro atoms. The molecule has 0 fully saturated rings. The summed E-state index contributed by atoms with van der Waals surface area (Å²) < 4.78 is 0. The zero-order valence-electron chi connectivity index (χ0n) is 44.6. The van der Waals surface area contributed by atoms with Crippen molar-refractivity contribution in [2.45, 2.75) is 0 Å². The molecule has 81 heavy (non-hydrogen) atoms. The number of fused-ring (bicyclic) bond motifs is 4. The van der Waals surface area contributed by atoms with Crippen LogP contribution >= 0.6 is 0 Å². The lowest BCUT2D eigenvalue weighted by atomic mass is 9.33. The van der Waals surface area contributed by atoms with Crippen molar-refractivity contribution >= 4 is 57.2 Å². The number of para-hydroxylation sites is 4. The van der Waals surface area contributed by atoms with E-state index in [0.29, 0.717) is 0 Å². The Morgan fingerprint density at radius 3 is 0.704 bits per heavy atom. The van der Waals surface area contributed by atoms with Crippen LogP contribution < -0.4 is 26.2 Å². The predicted molar refractivity (Wildman–Crippen MR) is 344 cm³/mol. The fourth-order valence-electron chi connectivity index (χ4n) is 13.1. The Bertz CT molecular complexity index is 3990. The molecule has 2 heterocycles. The first-order valence-corrected chi connectivity index (χ1v) is 28.0. The monoisotopic (exact) mass is 1030 g/mol. The molecule has 2 nitrogen and oxygen atoms in total. The van der Waals surface area contributed by atoms with Crippen LogP contribution in [0, 0.1) is 0 Å². The van der Waals surface area contributed by atoms with Crippen molar-refractivity contribution in [2.24, 2.45) is 0 Å². The van der Waals surface area contributed by atoms with Crippen molar-refractivity contribution < 1.29 is 0 Å². The normalized spacial score (nSPS) is 12.1. The Labute approximate surface area is 474 Å². The van der Waals surface area contributed by atoms with Crippen molar-refractivity contribution in [2.75, 3.05) is 9.80 Å². The van der Waals surface area contributed by atoms with Crippen molar-refractivity contribution in [3.63, 3.8) is 0 Å². The van der Waals surface area contributed by atoms with Gasteiger partial charge >= 0.3 is 0 Å². The van der Waals surface area contributed by atoms with Gasteiger partial charge in [0.15, 0.2) is 0 Å². The van der Waals surface area contributed by atoms with Gasteiger partial charge in [0, 0.05) is 45.0 Å². The highest BCUT2D eigenvalue weighted by Crippen LogP contribution is 2.55. The zero-order valence-corrected chi connectivity index (χ0v) is 44.6. The molecule has 0 amide bonds. The van der Waals surface area contributed by atoms with Crippen LogP contribution in [-0.4, -0.2) is 6.71 Å². The molecule has 0 radical (unpaired) electrons. The Hall–Kier alpha value is -10.5. The number of hydrogen-bond acceptors (Lipinski definition) is 2. The number of hydrogen-bond donors (Lipinski definition) is 0. The molecule has 13 aromatic carbocycles. The summed E-state index contributed by atoms with van der Waals surface area (Å²) in [6, 6.07) is 118. The third kappa shape index (κ3) is 8.13. The molecule has 2 aliphatic heterocycles. The third-order valence-corrected chi connectivity index (χ3v) is 16.5. The highest BCUT2D eigenvalue weighted by molar-refractivity contribution is 7.00. The van der Waals surface area contributed by atoms with E-state index < -0.39 is 0 Å². The lowest BCUT2D eigenvalue weighted by Crippen LogP contribution is -2.61. The Morgan fingerprint density at radius 1 is 0.173 bits per heavy atom. The molecule has 0 unspecified atom stereocenters. The highest BCUT2D eigenvalue weighted by atomic mass is 15.2. The fraction of sp³-hybridized carbons (Fsp3) is 0. The van der Waals surface area contributed by atoms with Crippen LogP contribution in [0.5, 0.6) is 0 Å².